The van der Waals surface area contributed by atoms with Gasteiger partial charge in [0, 0.05) is 50.3 Å². The van der Waals surface area contributed by atoms with Crippen LogP contribution in [0.5, 0.6) is 0 Å². The Morgan fingerprint density at radius 2 is 1.57 bits per heavy atom. The van der Waals surface area contributed by atoms with Crippen molar-refractivity contribution < 1.29 is 13.2 Å². The minimum absolute atomic E-state index is 0. The van der Waals surface area contributed by atoms with E-state index in [2.05, 4.69) is 26.3 Å². The second-order valence-electron chi connectivity index (χ2n) is 8.21. The van der Waals surface area contributed by atoms with Crippen LogP contribution in [0.4, 0.5) is 18.9 Å². The van der Waals surface area contributed by atoms with Crippen LogP contribution >= 0.6 is 24.8 Å². The first kappa shape index (κ1) is 26.8. The van der Waals surface area contributed by atoms with E-state index < -0.39 is 11.7 Å². The normalized spacial score (nSPS) is 14.5. The monoisotopic (exact) mass is 527 g/mol. The molecule has 188 valence electrons. The van der Waals surface area contributed by atoms with Gasteiger partial charge in [-0.15, -0.1) is 35.0 Å². The second-order valence-corrected chi connectivity index (χ2v) is 8.21. The molecule has 0 saturated carbocycles. The molecule has 7 nitrogen and oxygen atoms in total. The van der Waals surface area contributed by atoms with Crippen molar-refractivity contribution >= 4 is 41.4 Å². The minimum atomic E-state index is -4.31. The highest BCUT2D eigenvalue weighted by Crippen LogP contribution is 2.32. The lowest BCUT2D eigenvalue weighted by atomic mass is 10.1. The molecule has 2 aromatic heterocycles. The second kappa shape index (κ2) is 11.3. The van der Waals surface area contributed by atoms with Crippen molar-refractivity contribution in [1.29, 1.82) is 0 Å². The van der Waals surface area contributed by atoms with Gasteiger partial charge in [-0.05, 0) is 42.8 Å². The van der Waals surface area contributed by atoms with Gasteiger partial charge in [0.25, 0.3) is 0 Å². The molecular weight excluding hydrogens is 502 g/mol. The number of nitrogens with zero attached hydrogens (tertiary/aromatic N) is 7. The summed E-state index contributed by atoms with van der Waals surface area (Å²) in [5, 5.41) is 13.3. The Morgan fingerprint density at radius 1 is 0.829 bits per heavy atom. The van der Waals surface area contributed by atoms with Crippen LogP contribution in [0.15, 0.2) is 61.3 Å². The first-order valence-corrected chi connectivity index (χ1v) is 10.9. The van der Waals surface area contributed by atoms with Crippen molar-refractivity contribution in [3.63, 3.8) is 0 Å². The standard InChI is InChI=1S/C23H24F3N7.2ClH/c24-23(25,26)19-3-1-4-20(13-19)31-11-9-30(10-12-31)7-2-8-33-22-14-21(32-16-27-28-17-32)6-5-18(22)15-29-33;;/h1,3-6,13-17H,2,7-12H2;2*1H. The van der Waals surface area contributed by atoms with Crippen LogP contribution in [0.25, 0.3) is 16.6 Å². The Labute approximate surface area is 213 Å². The highest BCUT2D eigenvalue weighted by Gasteiger charge is 2.31. The van der Waals surface area contributed by atoms with Crippen LogP contribution in [-0.2, 0) is 12.7 Å². The number of hydrogen-bond donors (Lipinski definition) is 0. The molecule has 2 aromatic carbocycles. The van der Waals surface area contributed by atoms with Gasteiger partial charge in [-0.3, -0.25) is 14.1 Å². The van der Waals surface area contributed by atoms with Gasteiger partial charge < -0.3 is 4.90 Å². The van der Waals surface area contributed by atoms with Gasteiger partial charge in [0.1, 0.15) is 12.7 Å². The van der Waals surface area contributed by atoms with Gasteiger partial charge in [-0.1, -0.05) is 6.07 Å². The molecule has 0 N–H and O–H groups in total. The summed E-state index contributed by atoms with van der Waals surface area (Å²) < 4.78 is 42.9. The van der Waals surface area contributed by atoms with E-state index in [0.29, 0.717) is 18.8 Å². The van der Waals surface area contributed by atoms with Crippen molar-refractivity contribution in [2.24, 2.45) is 0 Å². The molecule has 3 heterocycles. The largest absolute Gasteiger partial charge is 0.416 e. The molecule has 12 heteroatoms. The molecular formula is C23H26Cl2F3N7. The van der Waals surface area contributed by atoms with E-state index >= 15 is 0 Å². The first-order valence-electron chi connectivity index (χ1n) is 10.9. The summed E-state index contributed by atoms with van der Waals surface area (Å²) >= 11 is 0. The average Bonchev–Trinajstić information content (AvgIpc) is 3.49. The number of hydrogen-bond acceptors (Lipinski definition) is 5. The van der Waals surface area contributed by atoms with Crippen molar-refractivity contribution in [1.82, 2.24) is 29.4 Å². The number of fused-ring (bicyclic) bond motifs is 1. The lowest BCUT2D eigenvalue weighted by molar-refractivity contribution is -0.137. The SMILES string of the molecule is Cl.Cl.FC(F)(F)c1cccc(N2CCN(CCCn3ncc4ccc(-n5cnnc5)cc43)CC2)c1. The number of rotatable bonds is 6. The molecule has 1 fully saturated rings. The number of benzene rings is 2. The van der Waals surface area contributed by atoms with Gasteiger partial charge in [-0.2, -0.15) is 18.3 Å². The smallest absolute Gasteiger partial charge is 0.369 e. The van der Waals surface area contributed by atoms with E-state index in [1.807, 2.05) is 32.5 Å². The Bertz CT molecular complexity index is 1220. The maximum absolute atomic E-state index is 13.0. The van der Waals surface area contributed by atoms with Crippen molar-refractivity contribution in [3.8, 4) is 5.69 Å². The summed E-state index contributed by atoms with van der Waals surface area (Å²) in [5.74, 6) is 0. The number of alkyl halides is 3. The van der Waals surface area contributed by atoms with E-state index in [0.717, 1.165) is 55.3 Å². The van der Waals surface area contributed by atoms with Crippen LogP contribution < -0.4 is 4.90 Å². The molecule has 0 bridgehead atoms. The Morgan fingerprint density at radius 3 is 2.29 bits per heavy atom. The van der Waals surface area contributed by atoms with Crippen LogP contribution in [-0.4, -0.2) is 62.2 Å². The van der Waals surface area contributed by atoms with Crippen LogP contribution in [0.1, 0.15) is 12.0 Å². The molecule has 4 aromatic rings. The third-order valence-electron chi connectivity index (χ3n) is 6.10. The van der Waals surface area contributed by atoms with Crippen LogP contribution in [0.3, 0.4) is 0 Å². The quantitative estimate of drug-likeness (QED) is 0.364. The summed E-state index contributed by atoms with van der Waals surface area (Å²) in [6.45, 7) is 4.80. The van der Waals surface area contributed by atoms with Gasteiger partial charge in [0.2, 0.25) is 0 Å². The number of aryl methyl sites for hydroxylation is 1. The zero-order valence-electron chi connectivity index (χ0n) is 18.8. The maximum Gasteiger partial charge on any atom is 0.416 e. The molecule has 0 aliphatic carbocycles. The van der Waals surface area contributed by atoms with Gasteiger partial charge in [0.15, 0.2) is 0 Å². The van der Waals surface area contributed by atoms with E-state index in [9.17, 15) is 13.2 Å². The number of aromatic nitrogens is 5. The lowest BCUT2D eigenvalue weighted by Gasteiger charge is -2.36. The van der Waals surface area contributed by atoms with E-state index in [1.165, 1.54) is 12.1 Å². The molecule has 0 unspecified atom stereocenters. The fraction of sp³-hybridized carbons (Fsp3) is 0.348. The van der Waals surface area contributed by atoms with Crippen molar-refractivity contribution in [2.75, 3.05) is 37.6 Å². The Balaban J connectivity index is 0.00000171. The van der Waals surface area contributed by atoms with Crippen molar-refractivity contribution in [2.45, 2.75) is 19.1 Å². The number of piperazine rings is 1. The molecule has 35 heavy (non-hydrogen) atoms. The van der Waals surface area contributed by atoms with Gasteiger partial charge in [-0.25, -0.2) is 0 Å². The van der Waals surface area contributed by atoms with Gasteiger partial charge >= 0.3 is 6.18 Å². The zero-order valence-corrected chi connectivity index (χ0v) is 20.4. The average molecular weight is 528 g/mol. The zero-order chi connectivity index (χ0) is 22.8. The Hall–Kier alpha value is -2.82. The molecule has 0 atom stereocenters. The summed E-state index contributed by atoms with van der Waals surface area (Å²) in [6, 6.07) is 11.7. The highest BCUT2D eigenvalue weighted by atomic mass is 35.5. The summed E-state index contributed by atoms with van der Waals surface area (Å²) in [4.78, 5) is 4.39. The molecule has 0 amide bonds. The van der Waals surface area contributed by atoms with Crippen LogP contribution in [0, 0.1) is 0 Å². The van der Waals surface area contributed by atoms with Crippen LogP contribution in [0.2, 0.25) is 0 Å². The number of anilines is 1. The predicted octanol–water partition coefficient (Wildman–Crippen LogP) is 4.69. The topological polar surface area (TPSA) is 55.0 Å². The Kier molecular flexibility index (Phi) is 8.63. The number of halogens is 5. The molecule has 0 spiro atoms. The molecule has 1 aliphatic rings. The fourth-order valence-corrected chi connectivity index (χ4v) is 4.28. The first-order chi connectivity index (χ1) is 16.0. The summed E-state index contributed by atoms with van der Waals surface area (Å²) in [5.41, 5.74) is 2.09. The minimum Gasteiger partial charge on any atom is -0.369 e. The summed E-state index contributed by atoms with van der Waals surface area (Å²) in [6.07, 6.45) is 1.84. The summed E-state index contributed by atoms with van der Waals surface area (Å²) in [7, 11) is 0. The third-order valence-corrected chi connectivity index (χ3v) is 6.10. The maximum atomic E-state index is 13.0. The molecule has 1 aliphatic heterocycles. The predicted molar refractivity (Wildman–Crippen MR) is 134 cm³/mol. The molecule has 0 radical (unpaired) electrons. The lowest BCUT2D eigenvalue weighted by Crippen LogP contribution is -2.46. The fourth-order valence-electron chi connectivity index (χ4n) is 4.28. The van der Waals surface area contributed by atoms with E-state index in [1.54, 1.807) is 18.7 Å². The third kappa shape index (κ3) is 6.06. The van der Waals surface area contributed by atoms with E-state index in [-0.39, 0.29) is 24.8 Å². The highest BCUT2D eigenvalue weighted by molar-refractivity contribution is 5.85. The van der Waals surface area contributed by atoms with Crippen molar-refractivity contribution in [3.05, 3.63) is 66.9 Å². The molecule has 1 saturated heterocycles. The molecule has 5 rings (SSSR count). The van der Waals surface area contributed by atoms with E-state index in [4.69, 9.17) is 0 Å². The van der Waals surface area contributed by atoms with Gasteiger partial charge in [0.05, 0.1) is 23.0 Å².